The highest BCUT2D eigenvalue weighted by Gasteiger charge is 2.10. The van der Waals surface area contributed by atoms with Crippen LogP contribution in [0.3, 0.4) is 0 Å². The van der Waals surface area contributed by atoms with Crippen molar-refractivity contribution in [2.45, 2.75) is 6.42 Å². The molecule has 0 unspecified atom stereocenters. The van der Waals surface area contributed by atoms with E-state index >= 15 is 0 Å². The van der Waals surface area contributed by atoms with Crippen molar-refractivity contribution in [2.24, 2.45) is 0 Å². The molecule has 0 aliphatic heterocycles. The van der Waals surface area contributed by atoms with Gasteiger partial charge < -0.3 is 5.32 Å². The van der Waals surface area contributed by atoms with Gasteiger partial charge in [0, 0.05) is 11.0 Å². The number of nitrogens with one attached hydrogen (secondary N) is 1. The summed E-state index contributed by atoms with van der Waals surface area (Å²) in [7, 11) is 0. The molecule has 0 fully saturated rings. The van der Waals surface area contributed by atoms with Gasteiger partial charge in [-0.3, -0.25) is 4.79 Å². The molecule has 1 amide bonds. The molecule has 20 heavy (non-hydrogen) atoms. The summed E-state index contributed by atoms with van der Waals surface area (Å²) in [6.45, 7) is 0.396. The minimum absolute atomic E-state index is 0.254. The molecule has 0 aliphatic rings. The van der Waals surface area contributed by atoms with Crippen LogP contribution in [0.5, 0.6) is 0 Å². The first-order chi connectivity index (χ1) is 9.56. The van der Waals surface area contributed by atoms with Gasteiger partial charge in [-0.1, -0.05) is 12.1 Å². The summed E-state index contributed by atoms with van der Waals surface area (Å²) in [6, 6.07) is 10.0. The first-order valence-electron chi connectivity index (χ1n) is 6.04. The van der Waals surface area contributed by atoms with Gasteiger partial charge in [0.05, 0.1) is 5.56 Å². The van der Waals surface area contributed by atoms with E-state index in [1.807, 2.05) is 0 Å². The molecular formula is C15H12BrF2NO. The van der Waals surface area contributed by atoms with E-state index < -0.39 is 5.82 Å². The van der Waals surface area contributed by atoms with Gasteiger partial charge in [-0.2, -0.15) is 0 Å². The topological polar surface area (TPSA) is 29.1 Å². The van der Waals surface area contributed by atoms with Crippen LogP contribution in [0.25, 0.3) is 0 Å². The number of halogens is 3. The fourth-order valence-corrected chi connectivity index (χ4v) is 2.16. The van der Waals surface area contributed by atoms with E-state index in [-0.39, 0.29) is 17.3 Å². The standard InChI is InChI=1S/C15H12BrF2NO/c16-14-6-5-12(18)9-13(14)15(20)19-8-7-10-1-3-11(17)4-2-10/h1-6,9H,7-8H2,(H,19,20). The van der Waals surface area contributed by atoms with Crippen molar-refractivity contribution in [1.29, 1.82) is 0 Å². The number of hydrogen-bond acceptors (Lipinski definition) is 1. The highest BCUT2D eigenvalue weighted by atomic mass is 79.9. The summed E-state index contributed by atoms with van der Waals surface area (Å²) in [5, 5.41) is 2.70. The average Bonchev–Trinajstić information content (AvgIpc) is 2.43. The number of carbonyl (C=O) groups is 1. The molecule has 0 radical (unpaired) electrons. The summed E-state index contributed by atoms with van der Waals surface area (Å²) in [6.07, 6.45) is 0.582. The van der Waals surface area contributed by atoms with E-state index in [1.54, 1.807) is 12.1 Å². The molecular weight excluding hydrogens is 328 g/mol. The second kappa shape index (κ2) is 6.61. The molecule has 0 aliphatic carbocycles. The molecule has 0 bridgehead atoms. The van der Waals surface area contributed by atoms with Crippen molar-refractivity contribution in [1.82, 2.24) is 5.32 Å². The quantitative estimate of drug-likeness (QED) is 0.904. The van der Waals surface area contributed by atoms with Crippen LogP contribution >= 0.6 is 15.9 Å². The third kappa shape index (κ3) is 3.87. The van der Waals surface area contributed by atoms with E-state index in [0.717, 1.165) is 5.56 Å². The fourth-order valence-electron chi connectivity index (χ4n) is 1.74. The Morgan fingerprint density at radius 3 is 2.40 bits per heavy atom. The van der Waals surface area contributed by atoms with Crippen LogP contribution in [0.1, 0.15) is 15.9 Å². The Bertz CT molecular complexity index is 614. The Labute approximate surface area is 123 Å². The minimum Gasteiger partial charge on any atom is -0.352 e. The van der Waals surface area contributed by atoms with Crippen LogP contribution in [0.15, 0.2) is 46.9 Å². The van der Waals surface area contributed by atoms with Gasteiger partial charge in [-0.05, 0) is 58.2 Å². The van der Waals surface area contributed by atoms with Crippen molar-refractivity contribution in [2.75, 3.05) is 6.54 Å². The summed E-state index contributed by atoms with van der Waals surface area (Å²) >= 11 is 3.21. The lowest BCUT2D eigenvalue weighted by Crippen LogP contribution is -2.26. The number of carbonyl (C=O) groups excluding carboxylic acids is 1. The first kappa shape index (κ1) is 14.7. The molecule has 0 atom stereocenters. The van der Waals surface area contributed by atoms with Gasteiger partial charge in [0.2, 0.25) is 0 Å². The fraction of sp³-hybridized carbons (Fsp3) is 0.133. The van der Waals surface area contributed by atoms with E-state index in [9.17, 15) is 13.6 Å². The Hall–Kier alpha value is -1.75. The van der Waals surface area contributed by atoms with Crippen LogP contribution < -0.4 is 5.32 Å². The molecule has 5 heteroatoms. The zero-order valence-electron chi connectivity index (χ0n) is 10.5. The van der Waals surface area contributed by atoms with Crippen molar-refractivity contribution in [3.63, 3.8) is 0 Å². The van der Waals surface area contributed by atoms with E-state index in [4.69, 9.17) is 0 Å². The molecule has 0 aromatic heterocycles. The maximum absolute atomic E-state index is 13.1. The first-order valence-corrected chi connectivity index (χ1v) is 6.83. The second-order valence-corrected chi connectivity index (χ2v) is 5.11. The predicted molar refractivity (Wildman–Crippen MR) is 76.5 cm³/mol. The lowest BCUT2D eigenvalue weighted by Gasteiger charge is -2.07. The zero-order chi connectivity index (χ0) is 14.5. The Kier molecular flexibility index (Phi) is 4.84. The highest BCUT2D eigenvalue weighted by molar-refractivity contribution is 9.10. The lowest BCUT2D eigenvalue weighted by molar-refractivity contribution is 0.0953. The number of amides is 1. The van der Waals surface area contributed by atoms with Gasteiger partial charge >= 0.3 is 0 Å². The molecule has 0 saturated heterocycles. The van der Waals surface area contributed by atoms with Gasteiger partial charge in [0.1, 0.15) is 11.6 Å². The molecule has 0 spiro atoms. The Morgan fingerprint density at radius 1 is 1.05 bits per heavy atom. The maximum atomic E-state index is 13.1. The molecule has 2 rings (SSSR count). The molecule has 1 N–H and O–H groups in total. The maximum Gasteiger partial charge on any atom is 0.252 e. The zero-order valence-corrected chi connectivity index (χ0v) is 12.1. The van der Waals surface area contributed by atoms with Gasteiger partial charge in [0.25, 0.3) is 5.91 Å². The second-order valence-electron chi connectivity index (χ2n) is 4.26. The van der Waals surface area contributed by atoms with Crippen LogP contribution in [0, 0.1) is 11.6 Å². The predicted octanol–water partition coefficient (Wildman–Crippen LogP) is 3.70. The summed E-state index contributed by atoms with van der Waals surface area (Å²) in [5.74, 6) is -1.10. The summed E-state index contributed by atoms with van der Waals surface area (Å²) < 4.78 is 26.4. The van der Waals surface area contributed by atoms with E-state index in [2.05, 4.69) is 21.2 Å². The van der Waals surface area contributed by atoms with Gasteiger partial charge in [-0.15, -0.1) is 0 Å². The Morgan fingerprint density at radius 2 is 1.70 bits per heavy atom. The Balaban J connectivity index is 1.92. The monoisotopic (exact) mass is 339 g/mol. The van der Waals surface area contributed by atoms with Crippen LogP contribution in [0.2, 0.25) is 0 Å². The van der Waals surface area contributed by atoms with Crippen molar-refractivity contribution < 1.29 is 13.6 Å². The smallest absolute Gasteiger partial charge is 0.252 e. The summed E-state index contributed by atoms with van der Waals surface area (Å²) in [4.78, 5) is 11.9. The third-order valence-corrected chi connectivity index (χ3v) is 3.48. The van der Waals surface area contributed by atoms with Crippen molar-refractivity contribution in [3.05, 3.63) is 69.7 Å². The summed E-state index contributed by atoms with van der Waals surface area (Å²) in [5.41, 5.74) is 1.18. The highest BCUT2D eigenvalue weighted by Crippen LogP contribution is 2.17. The molecule has 0 saturated carbocycles. The van der Waals surface area contributed by atoms with Crippen molar-refractivity contribution >= 4 is 21.8 Å². The van der Waals surface area contributed by atoms with Crippen LogP contribution in [0.4, 0.5) is 8.78 Å². The minimum atomic E-state index is -0.461. The molecule has 0 heterocycles. The van der Waals surface area contributed by atoms with E-state index in [0.29, 0.717) is 17.4 Å². The van der Waals surface area contributed by atoms with Crippen LogP contribution in [-0.4, -0.2) is 12.5 Å². The third-order valence-electron chi connectivity index (χ3n) is 2.79. The van der Waals surface area contributed by atoms with Gasteiger partial charge in [-0.25, -0.2) is 8.78 Å². The molecule has 2 aromatic rings. The number of benzene rings is 2. The van der Waals surface area contributed by atoms with Gasteiger partial charge in [0.15, 0.2) is 0 Å². The number of rotatable bonds is 4. The normalized spacial score (nSPS) is 10.3. The molecule has 104 valence electrons. The molecule has 2 nitrogen and oxygen atoms in total. The molecule has 2 aromatic carbocycles. The lowest BCUT2D eigenvalue weighted by atomic mass is 10.1. The SMILES string of the molecule is O=C(NCCc1ccc(F)cc1)c1cc(F)ccc1Br. The largest absolute Gasteiger partial charge is 0.352 e. The van der Waals surface area contributed by atoms with E-state index in [1.165, 1.54) is 30.3 Å². The van der Waals surface area contributed by atoms with Crippen LogP contribution in [-0.2, 0) is 6.42 Å². The number of hydrogen-bond donors (Lipinski definition) is 1. The van der Waals surface area contributed by atoms with Crippen molar-refractivity contribution in [3.8, 4) is 0 Å². The average molecular weight is 340 g/mol.